The van der Waals surface area contributed by atoms with E-state index in [0.29, 0.717) is 37.3 Å². The number of carboxylic acids is 1. The van der Waals surface area contributed by atoms with Gasteiger partial charge < -0.3 is 41.5 Å². The molecule has 0 aromatic carbocycles. The molecule has 0 heterocycles. The van der Waals surface area contributed by atoms with Gasteiger partial charge >= 0.3 is 17.9 Å². The molecule has 0 rings (SSSR count). The number of aliphatic hydroxyl groups is 1. The van der Waals surface area contributed by atoms with Gasteiger partial charge in [0.15, 0.2) is 6.54 Å². The summed E-state index contributed by atoms with van der Waals surface area (Å²) in [6, 6.07) is 0. The first kappa shape index (κ1) is 127. The smallest absolute Gasteiger partial charge is 0.361 e. The normalized spacial score (nSPS) is 11.2. The summed E-state index contributed by atoms with van der Waals surface area (Å²) in [5.41, 5.74) is 0. The highest BCUT2D eigenvalue weighted by molar-refractivity contribution is 6.67. The van der Waals surface area contributed by atoms with Crippen molar-refractivity contribution in [2.45, 2.75) is 504 Å². The van der Waals surface area contributed by atoms with Crippen molar-refractivity contribution in [2.75, 3.05) is 79.4 Å². The van der Waals surface area contributed by atoms with Gasteiger partial charge in [-0.05, 0) is 168 Å². The lowest BCUT2D eigenvalue weighted by Gasteiger charge is -2.26. The van der Waals surface area contributed by atoms with Crippen LogP contribution in [0.2, 0.25) is 0 Å². The number of unbranched alkanes of at least 4 members (excludes halogenated alkanes) is 63. The minimum absolute atomic E-state index is 0. The summed E-state index contributed by atoms with van der Waals surface area (Å²) < 4.78 is 11.0. The number of rotatable bonds is 84. The molecule has 0 aliphatic heterocycles. The van der Waals surface area contributed by atoms with E-state index in [9.17, 15) is 19.2 Å². The molecule has 10 nitrogen and oxygen atoms in total. The number of alkyl halides is 2. The minimum Gasteiger partial charge on any atom is -1.00 e. The Morgan fingerprint density at radius 1 is 0.310 bits per heavy atom. The molecule has 0 aromatic rings. The number of halogens is 4. The van der Waals surface area contributed by atoms with Crippen LogP contribution in [0.5, 0.6) is 0 Å². The SMILES string of the molecule is CCCCCCCC/C=C\CCCCCCCCCCCC(=O)O.CCCCCCCC/C=C\CCCCCCCCCCCCO.CCCCCCCC/C=C\CCCCCCCCCCCCOC(=O)CCl.CCCCCCCC/C=C\CCCCCCCCCCCCOC(=O)C[N+](C)(C)CC.CCN(C)C.O=C(Cl)CCl.[Cl-]. The standard InChI is InChI=1S/C28H56NO2.C24H45ClO2.C22H42O2.C22H44O.C4H11N.C2H2Cl2O.ClH/c1-5-7-8-9-10-11-12-13-14-15-16-17-18-19-20-21-22-23-24-25-26-31-28(30)27-29(3,4)6-2;1-2-3-4-5-6-7-8-9-10-11-12-13-14-15-16-17-18-19-20-21-22-27-24(26)23-25;1-2-3-4-5-6-7-8-9-10-11-12-13-14-15-16-17-18-19-20-21-22(23)24;1-2-3-4-5-6-7-8-9-10-11-12-13-14-15-16-17-18-19-20-21-22-23;1-4-5(2)3;3-1-2(4)5;/h13-14H,5-12,15-27H2,1-4H3;9-10H,2-8,11-23H2,1H3;9-10H,2-8,11-21H2,1H3,(H,23,24);9-10,23H,2-8,11-22H2,1H3;4H2,1-3H3;1H2;1H/q+1;;;;;;/p-1/b14-13-;3*10-9-;;;. The molecule has 0 saturated heterocycles. The van der Waals surface area contributed by atoms with E-state index < -0.39 is 11.2 Å². The Labute approximate surface area is 745 Å². The molecule has 0 fully saturated rings. The molecule has 0 bridgehead atoms. The molecule has 0 radical (unpaired) electrons. The number of carboxylic acid groups (broad SMARTS) is 1. The van der Waals surface area contributed by atoms with Gasteiger partial charge in [0.2, 0.25) is 5.24 Å². The molecule has 0 unspecified atom stereocenters. The van der Waals surface area contributed by atoms with E-state index in [2.05, 4.69) is 123 Å². The Kier molecular flexibility index (Phi) is 131. The van der Waals surface area contributed by atoms with E-state index >= 15 is 0 Å². The molecule has 694 valence electrons. The van der Waals surface area contributed by atoms with Crippen LogP contribution in [0, 0.1) is 0 Å². The number of quaternary nitrogens is 1. The van der Waals surface area contributed by atoms with Crippen LogP contribution in [-0.2, 0) is 28.7 Å². The number of aliphatic hydroxyl groups excluding tert-OH is 1. The van der Waals surface area contributed by atoms with E-state index in [4.69, 9.17) is 54.5 Å². The lowest BCUT2D eigenvalue weighted by atomic mass is 10.1. The van der Waals surface area contributed by atoms with Crippen LogP contribution in [-0.4, -0.2) is 122 Å². The number of hydrogen-bond donors (Lipinski definition) is 2. The lowest BCUT2D eigenvalue weighted by Crippen LogP contribution is -3.00. The van der Waals surface area contributed by atoms with E-state index in [-0.39, 0.29) is 36.1 Å². The summed E-state index contributed by atoms with van der Waals surface area (Å²) in [5.74, 6) is -1.14. The van der Waals surface area contributed by atoms with Gasteiger partial charge in [-0.3, -0.25) is 14.4 Å². The summed E-state index contributed by atoms with van der Waals surface area (Å²) in [7, 11) is 8.24. The fourth-order valence-corrected chi connectivity index (χ4v) is 13.2. The van der Waals surface area contributed by atoms with E-state index in [1.54, 1.807) is 0 Å². The third-order valence-corrected chi connectivity index (χ3v) is 22.2. The maximum atomic E-state index is 11.8. The average molecular weight is 1720 g/mol. The molecular weight excluding hydrogens is 1520 g/mol. The summed E-state index contributed by atoms with van der Waals surface area (Å²) in [6.07, 6.45) is 114. The zero-order valence-corrected chi connectivity index (χ0v) is 82.0. The zero-order valence-electron chi connectivity index (χ0n) is 78.9. The number of aliphatic carboxylic acids is 1. The second kappa shape index (κ2) is 119. The number of allylic oxidation sites excluding steroid dienone is 8. The highest BCUT2D eigenvalue weighted by atomic mass is 35.5. The third kappa shape index (κ3) is 141. The van der Waals surface area contributed by atoms with Crippen LogP contribution in [0.3, 0.4) is 0 Å². The first-order valence-electron chi connectivity index (χ1n) is 49.6. The predicted octanol–water partition coefficient (Wildman–Crippen LogP) is 30.4. The van der Waals surface area contributed by atoms with Gasteiger partial charge in [0, 0.05) is 13.0 Å². The van der Waals surface area contributed by atoms with Gasteiger partial charge in [0.25, 0.3) is 0 Å². The number of nitrogens with zero attached hydrogens (tertiary/aromatic N) is 2. The van der Waals surface area contributed by atoms with Crippen molar-refractivity contribution in [1.29, 1.82) is 0 Å². The minimum atomic E-state index is -0.656. The number of carbonyl (C=O) groups excluding carboxylic acids is 3. The van der Waals surface area contributed by atoms with Crippen LogP contribution in [0.15, 0.2) is 48.6 Å². The molecule has 0 amide bonds. The second-order valence-corrected chi connectivity index (χ2v) is 34.7. The zero-order chi connectivity index (χ0) is 86.0. The molecule has 0 atom stereocenters. The molecule has 116 heavy (non-hydrogen) atoms. The molecular formula is C102H200Cl4N2O8. The highest BCUT2D eigenvalue weighted by Gasteiger charge is 2.18. The van der Waals surface area contributed by atoms with Gasteiger partial charge in [0.1, 0.15) is 5.88 Å². The third-order valence-electron chi connectivity index (χ3n) is 21.4. The molecule has 0 aromatic heterocycles. The topological polar surface area (TPSA) is 130 Å². The van der Waals surface area contributed by atoms with Crippen LogP contribution < -0.4 is 12.4 Å². The summed E-state index contributed by atoms with van der Waals surface area (Å²) >= 11 is 14.9. The van der Waals surface area contributed by atoms with Gasteiger partial charge in [-0.2, -0.15) is 0 Å². The lowest BCUT2D eigenvalue weighted by molar-refractivity contribution is -0.881. The van der Waals surface area contributed by atoms with Gasteiger partial charge in [-0.15, -0.1) is 23.2 Å². The average Bonchev–Trinajstić information content (AvgIpc) is 0.927. The monoisotopic (exact) mass is 1720 g/mol. The van der Waals surface area contributed by atoms with Gasteiger partial charge in [-0.25, -0.2) is 4.79 Å². The van der Waals surface area contributed by atoms with E-state index in [0.717, 1.165) is 51.6 Å². The van der Waals surface area contributed by atoms with E-state index in [1.165, 1.54) is 417 Å². The summed E-state index contributed by atoms with van der Waals surface area (Å²) in [6.45, 7) is 17.4. The molecule has 0 saturated carbocycles. The van der Waals surface area contributed by atoms with Crippen LogP contribution in [0.25, 0.3) is 0 Å². The fourth-order valence-electron chi connectivity index (χ4n) is 13.2. The van der Waals surface area contributed by atoms with Crippen molar-refractivity contribution < 1.29 is 55.8 Å². The van der Waals surface area contributed by atoms with E-state index in [1.807, 2.05) is 0 Å². The van der Waals surface area contributed by atoms with Gasteiger partial charge in [-0.1, -0.05) is 411 Å². The van der Waals surface area contributed by atoms with Crippen molar-refractivity contribution in [3.8, 4) is 0 Å². The number of carbonyl (C=O) groups is 4. The van der Waals surface area contributed by atoms with Crippen molar-refractivity contribution in [1.82, 2.24) is 4.90 Å². The Morgan fingerprint density at radius 2 is 0.500 bits per heavy atom. The predicted molar refractivity (Wildman–Crippen MR) is 512 cm³/mol. The van der Waals surface area contributed by atoms with Crippen LogP contribution in [0.1, 0.15) is 504 Å². The Morgan fingerprint density at radius 3 is 0.681 bits per heavy atom. The number of hydrogen-bond acceptors (Lipinski definition) is 8. The first-order chi connectivity index (χ1) is 56.0. The summed E-state index contributed by atoms with van der Waals surface area (Å²) in [5, 5.41) is 16.7. The highest BCUT2D eigenvalue weighted by Crippen LogP contribution is 2.19. The van der Waals surface area contributed by atoms with Crippen molar-refractivity contribution in [2.24, 2.45) is 0 Å². The number of esters is 2. The maximum absolute atomic E-state index is 11.8. The molecule has 2 N–H and O–H groups in total. The Hall–Kier alpha value is -1.92. The fraction of sp³-hybridized carbons (Fsp3) is 0.882. The molecule has 0 spiro atoms. The number of likely N-dealkylation sites (N-methyl/N-ethyl adjacent to an activating group) is 1. The summed E-state index contributed by atoms with van der Waals surface area (Å²) in [4.78, 5) is 44.6. The molecule has 14 heteroatoms. The Balaban J connectivity index is -0.000000262. The molecule has 0 aliphatic carbocycles. The first-order valence-corrected chi connectivity index (χ1v) is 51.0. The Bertz CT molecular complexity index is 1950. The van der Waals surface area contributed by atoms with Crippen molar-refractivity contribution in [3.05, 3.63) is 48.6 Å². The number of ether oxygens (including phenoxy) is 2. The van der Waals surface area contributed by atoms with Crippen molar-refractivity contribution in [3.63, 3.8) is 0 Å². The van der Waals surface area contributed by atoms with Gasteiger partial charge in [0.05, 0.1) is 39.7 Å². The second-order valence-electron chi connectivity index (χ2n) is 33.8. The molecule has 0 aliphatic rings. The largest absolute Gasteiger partial charge is 1.00 e. The van der Waals surface area contributed by atoms with Crippen LogP contribution >= 0.6 is 34.8 Å². The van der Waals surface area contributed by atoms with Crippen LogP contribution in [0.4, 0.5) is 0 Å². The quantitative estimate of drug-likeness (QED) is 0.0153. The maximum Gasteiger partial charge on any atom is 0.361 e. The van der Waals surface area contributed by atoms with Crippen molar-refractivity contribution >= 4 is 58.0 Å².